The van der Waals surface area contributed by atoms with Gasteiger partial charge in [0.1, 0.15) is 6.33 Å². The number of hydrogen-bond donors (Lipinski definition) is 1. The fourth-order valence-corrected chi connectivity index (χ4v) is 1.38. The molecular weight excluding hydrogens is 225 g/mol. The molecule has 0 atom stereocenters. The van der Waals surface area contributed by atoms with E-state index < -0.39 is 0 Å². The minimum atomic E-state index is -0.375. The standard InChI is InChI=1S/C11H18FN3O2/c1-3-9-10(12)11(14-8-13-9)15(2)4-6-17-7-5-16/h8,16H,3-7H2,1-2H3. The summed E-state index contributed by atoms with van der Waals surface area (Å²) in [6, 6.07) is 0. The number of hydrogen-bond acceptors (Lipinski definition) is 5. The lowest BCUT2D eigenvalue weighted by atomic mass is 10.3. The topological polar surface area (TPSA) is 58.5 Å². The monoisotopic (exact) mass is 243 g/mol. The second-order valence-electron chi connectivity index (χ2n) is 3.57. The normalized spacial score (nSPS) is 10.6. The zero-order chi connectivity index (χ0) is 12.7. The largest absolute Gasteiger partial charge is 0.394 e. The third-order valence-corrected chi connectivity index (χ3v) is 2.35. The van der Waals surface area contributed by atoms with Gasteiger partial charge in [-0.05, 0) is 6.42 Å². The molecular formula is C11H18FN3O2. The Labute approximate surface area is 100 Å². The number of aliphatic hydroxyl groups excluding tert-OH is 1. The molecule has 17 heavy (non-hydrogen) atoms. The summed E-state index contributed by atoms with van der Waals surface area (Å²) in [5.74, 6) is -0.0934. The lowest BCUT2D eigenvalue weighted by Gasteiger charge is -2.19. The molecule has 0 saturated heterocycles. The van der Waals surface area contributed by atoms with Crippen LogP contribution in [0.1, 0.15) is 12.6 Å². The van der Waals surface area contributed by atoms with Crippen LogP contribution in [0.25, 0.3) is 0 Å². The minimum absolute atomic E-state index is 0.00837. The smallest absolute Gasteiger partial charge is 0.187 e. The fraction of sp³-hybridized carbons (Fsp3) is 0.636. The second-order valence-corrected chi connectivity index (χ2v) is 3.57. The van der Waals surface area contributed by atoms with Crippen molar-refractivity contribution in [3.63, 3.8) is 0 Å². The molecule has 0 saturated carbocycles. The first-order chi connectivity index (χ1) is 8.20. The highest BCUT2D eigenvalue weighted by Crippen LogP contribution is 2.16. The Kier molecular flexibility index (Phi) is 5.79. The highest BCUT2D eigenvalue weighted by Gasteiger charge is 2.13. The van der Waals surface area contributed by atoms with Gasteiger partial charge in [-0.25, -0.2) is 14.4 Å². The van der Waals surface area contributed by atoms with Gasteiger partial charge in [0.2, 0.25) is 0 Å². The highest BCUT2D eigenvalue weighted by molar-refractivity contribution is 5.39. The van der Waals surface area contributed by atoms with E-state index in [1.54, 1.807) is 11.9 Å². The lowest BCUT2D eigenvalue weighted by molar-refractivity contribution is 0.0970. The summed E-state index contributed by atoms with van der Waals surface area (Å²) in [7, 11) is 1.74. The Morgan fingerprint density at radius 3 is 2.82 bits per heavy atom. The van der Waals surface area contributed by atoms with E-state index in [0.717, 1.165) is 0 Å². The number of aromatic nitrogens is 2. The number of likely N-dealkylation sites (N-methyl/N-ethyl adjacent to an activating group) is 1. The van der Waals surface area contributed by atoms with Crippen LogP contribution in [0.2, 0.25) is 0 Å². The fourth-order valence-electron chi connectivity index (χ4n) is 1.38. The first-order valence-electron chi connectivity index (χ1n) is 5.59. The molecule has 1 aromatic rings. The van der Waals surface area contributed by atoms with E-state index in [1.807, 2.05) is 6.92 Å². The molecule has 1 N–H and O–H groups in total. The van der Waals surface area contributed by atoms with Crippen molar-refractivity contribution < 1.29 is 14.2 Å². The maximum absolute atomic E-state index is 13.9. The number of aliphatic hydroxyl groups is 1. The molecule has 0 radical (unpaired) electrons. The van der Waals surface area contributed by atoms with E-state index in [9.17, 15) is 4.39 Å². The van der Waals surface area contributed by atoms with Crippen molar-refractivity contribution in [3.05, 3.63) is 17.8 Å². The van der Waals surface area contributed by atoms with Crippen molar-refractivity contribution in [3.8, 4) is 0 Å². The summed E-state index contributed by atoms with van der Waals surface area (Å²) in [6.45, 7) is 3.06. The molecule has 0 aliphatic carbocycles. The van der Waals surface area contributed by atoms with Crippen molar-refractivity contribution in [2.24, 2.45) is 0 Å². The van der Waals surface area contributed by atoms with E-state index in [4.69, 9.17) is 9.84 Å². The summed E-state index contributed by atoms with van der Waals surface area (Å²) in [5, 5.41) is 8.54. The quantitative estimate of drug-likeness (QED) is 0.712. The van der Waals surface area contributed by atoms with E-state index in [2.05, 4.69) is 9.97 Å². The maximum Gasteiger partial charge on any atom is 0.187 e. The van der Waals surface area contributed by atoms with Crippen LogP contribution in [0.5, 0.6) is 0 Å². The van der Waals surface area contributed by atoms with Gasteiger partial charge >= 0.3 is 0 Å². The lowest BCUT2D eigenvalue weighted by Crippen LogP contribution is -2.25. The molecule has 0 bridgehead atoms. The first-order valence-corrected chi connectivity index (χ1v) is 5.59. The Morgan fingerprint density at radius 2 is 2.18 bits per heavy atom. The van der Waals surface area contributed by atoms with Crippen LogP contribution in [0.4, 0.5) is 10.2 Å². The summed E-state index contributed by atoms with van der Waals surface area (Å²) in [6.07, 6.45) is 1.90. The van der Waals surface area contributed by atoms with E-state index in [1.165, 1.54) is 6.33 Å². The molecule has 0 unspecified atom stereocenters. The van der Waals surface area contributed by atoms with E-state index in [0.29, 0.717) is 31.9 Å². The van der Waals surface area contributed by atoms with Gasteiger partial charge in [-0.2, -0.15) is 0 Å². The van der Waals surface area contributed by atoms with Crippen molar-refractivity contribution in [1.29, 1.82) is 0 Å². The van der Waals surface area contributed by atoms with E-state index >= 15 is 0 Å². The molecule has 1 rings (SSSR count). The number of anilines is 1. The minimum Gasteiger partial charge on any atom is -0.394 e. The molecule has 96 valence electrons. The van der Waals surface area contributed by atoms with Gasteiger partial charge < -0.3 is 14.7 Å². The summed E-state index contributed by atoms with van der Waals surface area (Å²) >= 11 is 0. The van der Waals surface area contributed by atoms with Crippen LogP contribution in [-0.4, -0.2) is 48.5 Å². The van der Waals surface area contributed by atoms with Crippen LogP contribution in [-0.2, 0) is 11.2 Å². The molecule has 5 nitrogen and oxygen atoms in total. The van der Waals surface area contributed by atoms with Crippen molar-refractivity contribution >= 4 is 5.82 Å². The third kappa shape index (κ3) is 3.90. The van der Waals surface area contributed by atoms with Gasteiger partial charge in [0, 0.05) is 13.6 Å². The number of rotatable bonds is 7. The number of nitrogens with zero attached hydrogens (tertiary/aromatic N) is 3. The van der Waals surface area contributed by atoms with Gasteiger partial charge in [0.15, 0.2) is 11.6 Å². The number of aryl methyl sites for hydroxylation is 1. The number of halogens is 1. The molecule has 0 amide bonds. The predicted octanol–water partition coefficient (Wildman–Crippen LogP) is 0.623. The third-order valence-electron chi connectivity index (χ3n) is 2.35. The molecule has 0 aliphatic rings. The Hall–Kier alpha value is -1.27. The Bertz CT molecular complexity index is 349. The van der Waals surface area contributed by atoms with E-state index in [-0.39, 0.29) is 18.2 Å². The van der Waals surface area contributed by atoms with Gasteiger partial charge in [0.05, 0.1) is 25.5 Å². The Balaban J connectivity index is 2.59. The molecule has 1 heterocycles. The molecule has 0 aliphatic heterocycles. The van der Waals surface area contributed by atoms with Crippen LogP contribution in [0.3, 0.4) is 0 Å². The molecule has 0 spiro atoms. The molecule has 0 aromatic carbocycles. The molecule has 6 heteroatoms. The average molecular weight is 243 g/mol. The van der Waals surface area contributed by atoms with Crippen LogP contribution >= 0.6 is 0 Å². The van der Waals surface area contributed by atoms with Crippen LogP contribution < -0.4 is 4.90 Å². The van der Waals surface area contributed by atoms with Gasteiger partial charge in [-0.15, -0.1) is 0 Å². The SMILES string of the molecule is CCc1ncnc(N(C)CCOCCO)c1F. The highest BCUT2D eigenvalue weighted by atomic mass is 19.1. The average Bonchev–Trinajstić information content (AvgIpc) is 2.34. The molecule has 0 fully saturated rings. The summed E-state index contributed by atoms with van der Waals surface area (Å²) < 4.78 is 19.0. The first kappa shape index (κ1) is 13.8. The van der Waals surface area contributed by atoms with Crippen molar-refractivity contribution in [1.82, 2.24) is 9.97 Å². The van der Waals surface area contributed by atoms with Crippen LogP contribution in [0.15, 0.2) is 6.33 Å². The van der Waals surface area contributed by atoms with Crippen molar-refractivity contribution in [2.45, 2.75) is 13.3 Å². The number of ether oxygens (including phenoxy) is 1. The summed E-state index contributed by atoms with van der Waals surface area (Å²) in [4.78, 5) is 9.47. The zero-order valence-electron chi connectivity index (χ0n) is 10.2. The van der Waals surface area contributed by atoms with Crippen molar-refractivity contribution in [2.75, 3.05) is 38.3 Å². The van der Waals surface area contributed by atoms with Crippen LogP contribution in [0, 0.1) is 5.82 Å². The second kappa shape index (κ2) is 7.13. The van der Waals surface area contributed by atoms with Gasteiger partial charge in [-0.3, -0.25) is 0 Å². The Morgan fingerprint density at radius 1 is 1.41 bits per heavy atom. The summed E-state index contributed by atoms with van der Waals surface area (Å²) in [5.41, 5.74) is 0.415. The van der Waals surface area contributed by atoms with Gasteiger partial charge in [-0.1, -0.05) is 6.92 Å². The zero-order valence-corrected chi connectivity index (χ0v) is 10.2. The molecule has 1 aromatic heterocycles. The van der Waals surface area contributed by atoms with Gasteiger partial charge in [0.25, 0.3) is 0 Å². The predicted molar refractivity (Wildman–Crippen MR) is 62.5 cm³/mol. The maximum atomic E-state index is 13.9.